The second-order valence-corrected chi connectivity index (χ2v) is 6.37. The molecule has 3 rings (SSSR count). The summed E-state index contributed by atoms with van der Waals surface area (Å²) < 4.78 is 11.0. The number of carbonyl (C=O) groups is 1. The van der Waals surface area contributed by atoms with Crippen LogP contribution in [0.3, 0.4) is 0 Å². The molecule has 0 spiro atoms. The van der Waals surface area contributed by atoms with Crippen molar-refractivity contribution in [2.75, 3.05) is 32.9 Å². The van der Waals surface area contributed by atoms with Gasteiger partial charge in [-0.2, -0.15) is 5.10 Å². The van der Waals surface area contributed by atoms with Gasteiger partial charge in [-0.3, -0.25) is 9.89 Å². The fourth-order valence-corrected chi connectivity index (χ4v) is 3.08. The Morgan fingerprint density at radius 1 is 1.32 bits per heavy atom. The van der Waals surface area contributed by atoms with Crippen LogP contribution in [0, 0.1) is 6.92 Å². The molecule has 2 aromatic rings. The number of hydrogen-bond acceptors (Lipinski definition) is 4. The Morgan fingerprint density at radius 2 is 2.16 bits per heavy atom. The van der Waals surface area contributed by atoms with Crippen molar-refractivity contribution in [1.82, 2.24) is 15.1 Å². The van der Waals surface area contributed by atoms with E-state index in [0.717, 1.165) is 36.5 Å². The Bertz CT molecular complexity index is 672. The number of para-hydroxylation sites is 1. The molecule has 0 saturated carbocycles. The maximum absolute atomic E-state index is 12.3. The van der Waals surface area contributed by atoms with E-state index in [2.05, 4.69) is 16.3 Å². The summed E-state index contributed by atoms with van der Waals surface area (Å²) >= 11 is 0. The summed E-state index contributed by atoms with van der Waals surface area (Å²) in [5, 5.41) is 7.32. The van der Waals surface area contributed by atoms with Gasteiger partial charge in [0.15, 0.2) is 0 Å². The maximum atomic E-state index is 12.3. The molecular formula is C19H25N3O3. The average Bonchev–Trinajstić information content (AvgIpc) is 3.09. The molecule has 1 aliphatic heterocycles. The first-order valence-electron chi connectivity index (χ1n) is 8.77. The van der Waals surface area contributed by atoms with E-state index in [0.29, 0.717) is 25.7 Å². The van der Waals surface area contributed by atoms with Crippen molar-refractivity contribution in [2.24, 2.45) is 0 Å². The molecule has 1 atom stereocenters. The van der Waals surface area contributed by atoms with Crippen LogP contribution in [0.4, 0.5) is 0 Å². The van der Waals surface area contributed by atoms with E-state index in [9.17, 15) is 4.79 Å². The summed E-state index contributed by atoms with van der Waals surface area (Å²) in [5.41, 5.74) is 2.10. The van der Waals surface area contributed by atoms with Crippen molar-refractivity contribution in [3.05, 3.63) is 47.8 Å². The van der Waals surface area contributed by atoms with Crippen LogP contribution in [0.1, 0.15) is 30.1 Å². The number of carbonyl (C=O) groups excluding carboxylic acids is 1. The number of aromatic amines is 1. The van der Waals surface area contributed by atoms with Crippen LogP contribution in [0.2, 0.25) is 0 Å². The number of hydrogen-bond donors (Lipinski definition) is 1. The lowest BCUT2D eigenvalue weighted by molar-refractivity contribution is -0.137. The third-order valence-corrected chi connectivity index (χ3v) is 4.38. The monoisotopic (exact) mass is 343 g/mol. The summed E-state index contributed by atoms with van der Waals surface area (Å²) in [6.45, 7) is 4.44. The number of rotatable bonds is 7. The van der Waals surface area contributed by atoms with Gasteiger partial charge in [-0.25, -0.2) is 0 Å². The zero-order chi connectivity index (χ0) is 17.5. The summed E-state index contributed by atoms with van der Waals surface area (Å²) in [4.78, 5) is 14.2. The second-order valence-electron chi connectivity index (χ2n) is 6.37. The van der Waals surface area contributed by atoms with E-state index < -0.39 is 0 Å². The lowest BCUT2D eigenvalue weighted by Crippen LogP contribution is -2.41. The van der Waals surface area contributed by atoms with E-state index in [4.69, 9.17) is 9.47 Å². The quantitative estimate of drug-likeness (QED) is 0.785. The Morgan fingerprint density at radius 3 is 2.92 bits per heavy atom. The van der Waals surface area contributed by atoms with Crippen LogP contribution in [0.25, 0.3) is 0 Å². The Balaban J connectivity index is 1.37. The van der Waals surface area contributed by atoms with E-state index >= 15 is 0 Å². The maximum Gasteiger partial charge on any atom is 0.248 e. The number of benzene rings is 1. The molecule has 1 saturated heterocycles. The number of nitrogens with one attached hydrogen (secondary N) is 1. The molecule has 1 aromatic carbocycles. The van der Waals surface area contributed by atoms with Gasteiger partial charge < -0.3 is 14.4 Å². The predicted molar refractivity (Wildman–Crippen MR) is 94.6 cm³/mol. The smallest absolute Gasteiger partial charge is 0.248 e. The van der Waals surface area contributed by atoms with Gasteiger partial charge in [-0.05, 0) is 38.0 Å². The zero-order valence-corrected chi connectivity index (χ0v) is 14.6. The Hall–Kier alpha value is -2.34. The SMILES string of the molecule is Cc1cc(C2CCCN(C(=O)COCCOc3ccccc3)C2)n[nH]1. The van der Waals surface area contributed by atoms with E-state index in [1.807, 2.05) is 42.2 Å². The molecule has 1 N–H and O–H groups in total. The molecule has 1 aliphatic rings. The number of ether oxygens (including phenoxy) is 2. The molecule has 2 heterocycles. The van der Waals surface area contributed by atoms with Crippen molar-refractivity contribution in [2.45, 2.75) is 25.7 Å². The van der Waals surface area contributed by atoms with Gasteiger partial charge in [0.25, 0.3) is 0 Å². The fourth-order valence-electron chi connectivity index (χ4n) is 3.08. The number of likely N-dealkylation sites (tertiary alicyclic amines) is 1. The summed E-state index contributed by atoms with van der Waals surface area (Å²) in [5.74, 6) is 1.16. The molecule has 25 heavy (non-hydrogen) atoms. The van der Waals surface area contributed by atoms with Crippen LogP contribution in [0.5, 0.6) is 5.75 Å². The van der Waals surface area contributed by atoms with Crippen molar-refractivity contribution >= 4 is 5.91 Å². The van der Waals surface area contributed by atoms with E-state index in [1.54, 1.807) is 0 Å². The van der Waals surface area contributed by atoms with Crippen LogP contribution in [0.15, 0.2) is 36.4 Å². The molecular weight excluding hydrogens is 318 g/mol. The van der Waals surface area contributed by atoms with E-state index in [1.165, 1.54) is 0 Å². The lowest BCUT2D eigenvalue weighted by Gasteiger charge is -2.32. The average molecular weight is 343 g/mol. The molecule has 1 aromatic heterocycles. The minimum atomic E-state index is 0.0386. The lowest BCUT2D eigenvalue weighted by atomic mass is 9.94. The predicted octanol–water partition coefficient (Wildman–Crippen LogP) is 2.52. The topological polar surface area (TPSA) is 67.5 Å². The third kappa shape index (κ3) is 5.06. The summed E-state index contributed by atoms with van der Waals surface area (Å²) in [6.07, 6.45) is 2.07. The van der Waals surface area contributed by atoms with Crippen LogP contribution in [-0.2, 0) is 9.53 Å². The van der Waals surface area contributed by atoms with Gasteiger partial charge >= 0.3 is 0 Å². The molecule has 0 radical (unpaired) electrons. The molecule has 1 amide bonds. The molecule has 6 heteroatoms. The standard InChI is InChI=1S/C19H25N3O3/c1-15-12-18(21-20-15)16-6-5-9-22(13-16)19(23)14-24-10-11-25-17-7-3-2-4-8-17/h2-4,7-8,12,16H,5-6,9-11,13-14H2,1H3,(H,20,21). The first-order valence-corrected chi connectivity index (χ1v) is 8.77. The fraction of sp³-hybridized carbons (Fsp3) is 0.474. The normalized spacial score (nSPS) is 17.5. The first-order chi connectivity index (χ1) is 12.2. The Labute approximate surface area is 148 Å². The van der Waals surface area contributed by atoms with Crippen LogP contribution in [-0.4, -0.2) is 53.9 Å². The first kappa shape index (κ1) is 17.5. The van der Waals surface area contributed by atoms with Crippen molar-refractivity contribution in [3.63, 3.8) is 0 Å². The van der Waals surface area contributed by atoms with Gasteiger partial charge in [0, 0.05) is 24.7 Å². The highest BCUT2D eigenvalue weighted by Gasteiger charge is 2.26. The highest BCUT2D eigenvalue weighted by Crippen LogP contribution is 2.25. The number of aromatic nitrogens is 2. The highest BCUT2D eigenvalue weighted by atomic mass is 16.5. The highest BCUT2D eigenvalue weighted by molar-refractivity contribution is 5.77. The minimum absolute atomic E-state index is 0.0386. The van der Waals surface area contributed by atoms with Gasteiger partial charge in [0.05, 0.1) is 12.3 Å². The Kier molecular flexibility index (Phi) is 6.06. The molecule has 134 valence electrons. The number of nitrogens with zero attached hydrogens (tertiary/aromatic N) is 2. The number of aryl methyl sites for hydroxylation is 1. The third-order valence-electron chi connectivity index (χ3n) is 4.38. The number of piperidine rings is 1. The van der Waals surface area contributed by atoms with Gasteiger partial charge in [0.2, 0.25) is 5.91 Å². The van der Waals surface area contributed by atoms with E-state index in [-0.39, 0.29) is 12.5 Å². The molecule has 1 fully saturated rings. The van der Waals surface area contributed by atoms with Crippen LogP contribution >= 0.6 is 0 Å². The summed E-state index contributed by atoms with van der Waals surface area (Å²) in [7, 11) is 0. The largest absolute Gasteiger partial charge is 0.491 e. The van der Waals surface area contributed by atoms with Crippen LogP contribution < -0.4 is 4.74 Å². The molecule has 0 bridgehead atoms. The van der Waals surface area contributed by atoms with Crippen molar-refractivity contribution < 1.29 is 14.3 Å². The van der Waals surface area contributed by atoms with Gasteiger partial charge in [0.1, 0.15) is 19.0 Å². The number of amides is 1. The van der Waals surface area contributed by atoms with Gasteiger partial charge in [-0.15, -0.1) is 0 Å². The second kappa shape index (κ2) is 8.67. The van der Waals surface area contributed by atoms with Crippen molar-refractivity contribution in [3.8, 4) is 5.75 Å². The molecule has 0 aliphatic carbocycles. The molecule has 6 nitrogen and oxygen atoms in total. The zero-order valence-electron chi connectivity index (χ0n) is 14.6. The minimum Gasteiger partial charge on any atom is -0.491 e. The van der Waals surface area contributed by atoms with Crippen molar-refractivity contribution in [1.29, 1.82) is 0 Å². The number of H-pyrrole nitrogens is 1. The van der Waals surface area contributed by atoms with Gasteiger partial charge in [-0.1, -0.05) is 18.2 Å². The summed E-state index contributed by atoms with van der Waals surface area (Å²) in [6, 6.07) is 11.7. The molecule has 1 unspecified atom stereocenters.